The van der Waals surface area contributed by atoms with Crippen LogP contribution in [0.25, 0.3) is 0 Å². The fraction of sp³-hybridized carbons (Fsp3) is 0.583. The van der Waals surface area contributed by atoms with E-state index < -0.39 is 15.9 Å². The van der Waals surface area contributed by atoms with Crippen LogP contribution in [0.15, 0.2) is 17.2 Å². The molecule has 0 bridgehead atoms. The fourth-order valence-corrected chi connectivity index (χ4v) is 4.36. The molecule has 0 saturated carbocycles. The maximum absolute atomic E-state index is 12.6. The lowest BCUT2D eigenvalue weighted by Gasteiger charge is -2.33. The number of rotatable bonds is 4. The van der Waals surface area contributed by atoms with Crippen LogP contribution in [0.1, 0.15) is 29.8 Å². The van der Waals surface area contributed by atoms with Crippen molar-refractivity contribution in [2.45, 2.75) is 30.2 Å². The highest BCUT2D eigenvalue weighted by Crippen LogP contribution is 2.25. The summed E-state index contributed by atoms with van der Waals surface area (Å²) in [6.45, 7) is 0.764. The summed E-state index contributed by atoms with van der Waals surface area (Å²) in [6.07, 6.45) is 3.99. The predicted molar refractivity (Wildman–Crippen MR) is 74.5 cm³/mol. The molecule has 1 fully saturated rings. The molecule has 1 atom stereocenters. The third kappa shape index (κ3) is 2.58. The molecule has 1 aromatic heterocycles. The number of nitrogens with zero attached hydrogens (tertiary/aromatic N) is 2. The molecule has 1 saturated heterocycles. The number of carbonyl (C=O) groups excluding carboxylic acids is 1. The number of aryl methyl sites for hydroxylation is 1. The minimum Gasteiger partial charge on any atom is -0.364 e. The van der Waals surface area contributed by atoms with Crippen molar-refractivity contribution in [2.75, 3.05) is 13.1 Å². The number of carbonyl (C=O) groups is 1. The third-order valence-electron chi connectivity index (χ3n) is 3.68. The molecular formula is C12H20N4O3S. The molecule has 1 aromatic rings. The topological polar surface area (TPSA) is 111 Å². The van der Waals surface area contributed by atoms with E-state index >= 15 is 0 Å². The summed E-state index contributed by atoms with van der Waals surface area (Å²) < 4.78 is 28.2. The molecule has 0 aromatic carbocycles. The summed E-state index contributed by atoms with van der Waals surface area (Å²) in [5.41, 5.74) is 11.1. The van der Waals surface area contributed by atoms with Gasteiger partial charge in [-0.15, -0.1) is 0 Å². The molecule has 0 unspecified atom stereocenters. The quantitative estimate of drug-likeness (QED) is 0.789. The van der Waals surface area contributed by atoms with E-state index in [-0.39, 0.29) is 16.6 Å². The van der Waals surface area contributed by atoms with Gasteiger partial charge in [0.2, 0.25) is 10.0 Å². The second kappa shape index (κ2) is 5.55. The van der Waals surface area contributed by atoms with Crippen LogP contribution >= 0.6 is 0 Å². The van der Waals surface area contributed by atoms with Crippen molar-refractivity contribution in [3.8, 4) is 0 Å². The van der Waals surface area contributed by atoms with Gasteiger partial charge in [-0.3, -0.25) is 4.79 Å². The first-order valence-electron chi connectivity index (χ1n) is 6.56. The van der Waals surface area contributed by atoms with Crippen molar-refractivity contribution in [3.05, 3.63) is 18.0 Å². The number of hydrogen-bond acceptors (Lipinski definition) is 4. The van der Waals surface area contributed by atoms with Gasteiger partial charge in [-0.1, -0.05) is 6.42 Å². The zero-order chi connectivity index (χ0) is 14.9. The molecule has 0 spiro atoms. The zero-order valence-corrected chi connectivity index (χ0v) is 12.3. The van der Waals surface area contributed by atoms with E-state index in [1.165, 1.54) is 21.1 Å². The van der Waals surface area contributed by atoms with Gasteiger partial charge in [-0.05, 0) is 18.9 Å². The van der Waals surface area contributed by atoms with Crippen molar-refractivity contribution in [1.29, 1.82) is 0 Å². The van der Waals surface area contributed by atoms with Crippen LogP contribution in [0.5, 0.6) is 0 Å². The largest absolute Gasteiger partial charge is 0.364 e. The summed E-state index contributed by atoms with van der Waals surface area (Å²) in [6, 6.07) is 1.14. The van der Waals surface area contributed by atoms with Crippen molar-refractivity contribution < 1.29 is 13.2 Å². The predicted octanol–water partition coefficient (Wildman–Crippen LogP) is -0.374. The average molecular weight is 300 g/mol. The number of amides is 1. The van der Waals surface area contributed by atoms with E-state index in [2.05, 4.69) is 0 Å². The standard InChI is InChI=1S/C12H20N4O3S/c1-15-8-10(6-11(15)12(14)17)20(18,19)16-5-3-2-4-9(16)7-13/h6,8-9H,2-5,7,13H2,1H3,(H2,14,17)/t9-/m0/s1. The van der Waals surface area contributed by atoms with Gasteiger partial charge in [0.25, 0.3) is 5.91 Å². The van der Waals surface area contributed by atoms with E-state index in [0.717, 1.165) is 19.3 Å². The molecular weight excluding hydrogens is 280 g/mol. The molecule has 1 amide bonds. The second-order valence-electron chi connectivity index (χ2n) is 5.04. The first kappa shape index (κ1) is 15.0. The smallest absolute Gasteiger partial charge is 0.265 e. The minimum absolute atomic E-state index is 0.0918. The lowest BCUT2D eigenvalue weighted by molar-refractivity contribution is 0.0992. The Labute approximate surface area is 118 Å². The average Bonchev–Trinajstić information content (AvgIpc) is 2.81. The summed E-state index contributed by atoms with van der Waals surface area (Å²) in [4.78, 5) is 11.3. The first-order chi connectivity index (χ1) is 9.37. The van der Waals surface area contributed by atoms with Crippen molar-refractivity contribution in [2.24, 2.45) is 18.5 Å². The van der Waals surface area contributed by atoms with Gasteiger partial charge >= 0.3 is 0 Å². The molecule has 1 aliphatic heterocycles. The van der Waals surface area contributed by atoms with Crippen molar-refractivity contribution in [3.63, 3.8) is 0 Å². The van der Waals surface area contributed by atoms with E-state index in [1.807, 2.05) is 0 Å². The highest BCUT2D eigenvalue weighted by Gasteiger charge is 2.33. The van der Waals surface area contributed by atoms with E-state index in [0.29, 0.717) is 13.1 Å². The number of sulfonamides is 1. The Morgan fingerprint density at radius 1 is 1.45 bits per heavy atom. The third-order valence-corrected chi connectivity index (χ3v) is 5.60. The summed E-state index contributed by atoms with van der Waals surface area (Å²) in [5, 5.41) is 0. The van der Waals surface area contributed by atoms with Crippen LogP contribution in [0.3, 0.4) is 0 Å². The zero-order valence-electron chi connectivity index (χ0n) is 11.4. The maximum Gasteiger partial charge on any atom is 0.265 e. The summed E-state index contributed by atoms with van der Waals surface area (Å²) >= 11 is 0. The van der Waals surface area contributed by atoms with Gasteiger partial charge in [-0.2, -0.15) is 4.31 Å². The first-order valence-corrected chi connectivity index (χ1v) is 8.00. The Morgan fingerprint density at radius 2 is 2.15 bits per heavy atom. The SMILES string of the molecule is Cn1cc(S(=O)(=O)N2CCCC[C@H]2CN)cc1C(N)=O. The molecule has 0 radical (unpaired) electrons. The molecule has 2 rings (SSSR count). The van der Waals surface area contributed by atoms with E-state index in [4.69, 9.17) is 11.5 Å². The molecule has 2 heterocycles. The van der Waals surface area contributed by atoms with Crippen LogP contribution in [-0.2, 0) is 17.1 Å². The second-order valence-corrected chi connectivity index (χ2v) is 6.93. The highest BCUT2D eigenvalue weighted by molar-refractivity contribution is 7.89. The number of piperidine rings is 1. The molecule has 20 heavy (non-hydrogen) atoms. The maximum atomic E-state index is 12.6. The van der Waals surface area contributed by atoms with Crippen molar-refractivity contribution >= 4 is 15.9 Å². The normalized spacial score (nSPS) is 21.0. The Hall–Kier alpha value is -1.38. The molecule has 7 nitrogen and oxygen atoms in total. The molecule has 112 valence electrons. The van der Waals surface area contributed by atoms with E-state index in [1.54, 1.807) is 7.05 Å². The van der Waals surface area contributed by atoms with Gasteiger partial charge in [0.15, 0.2) is 0 Å². The monoisotopic (exact) mass is 300 g/mol. The Morgan fingerprint density at radius 3 is 2.70 bits per heavy atom. The Kier molecular flexibility index (Phi) is 4.17. The number of nitrogens with two attached hydrogens (primary N) is 2. The molecule has 1 aliphatic rings. The van der Waals surface area contributed by atoms with Crippen LogP contribution in [0, 0.1) is 0 Å². The summed E-state index contributed by atoms with van der Waals surface area (Å²) in [5.74, 6) is -0.650. The highest BCUT2D eigenvalue weighted by atomic mass is 32.2. The lowest BCUT2D eigenvalue weighted by atomic mass is 10.1. The fourth-order valence-electron chi connectivity index (χ4n) is 2.58. The minimum atomic E-state index is -3.63. The Bertz CT molecular complexity index is 608. The molecule has 8 heteroatoms. The van der Waals surface area contributed by atoms with E-state index in [9.17, 15) is 13.2 Å². The van der Waals surface area contributed by atoms with Gasteiger partial charge in [-0.25, -0.2) is 8.42 Å². The number of primary amides is 1. The van der Waals surface area contributed by atoms with Gasteiger partial charge in [0.1, 0.15) is 10.6 Å². The van der Waals surface area contributed by atoms with Gasteiger partial charge in [0.05, 0.1) is 0 Å². The van der Waals surface area contributed by atoms with Crippen LogP contribution in [0.4, 0.5) is 0 Å². The van der Waals surface area contributed by atoms with Crippen LogP contribution in [0.2, 0.25) is 0 Å². The molecule has 0 aliphatic carbocycles. The van der Waals surface area contributed by atoms with Crippen molar-refractivity contribution in [1.82, 2.24) is 8.87 Å². The number of hydrogen-bond donors (Lipinski definition) is 2. The Balaban J connectivity index is 2.39. The van der Waals surface area contributed by atoms with Gasteiger partial charge < -0.3 is 16.0 Å². The summed E-state index contributed by atoms with van der Waals surface area (Å²) in [7, 11) is -2.04. The lowest BCUT2D eigenvalue weighted by Crippen LogP contribution is -2.47. The molecule has 4 N–H and O–H groups in total. The number of aromatic nitrogens is 1. The van der Waals surface area contributed by atoms with Crippen LogP contribution in [-0.4, -0.2) is 42.3 Å². The van der Waals surface area contributed by atoms with Gasteiger partial charge in [0, 0.05) is 32.4 Å². The van der Waals surface area contributed by atoms with Crippen LogP contribution < -0.4 is 11.5 Å².